The fourth-order valence-corrected chi connectivity index (χ4v) is 3.10. The Labute approximate surface area is 126 Å². The van der Waals surface area contributed by atoms with Gasteiger partial charge in [0.25, 0.3) is 5.56 Å². The third-order valence-electron chi connectivity index (χ3n) is 4.52. The summed E-state index contributed by atoms with van der Waals surface area (Å²) in [7, 11) is 0. The molecule has 1 aromatic rings. The predicted octanol–water partition coefficient (Wildman–Crippen LogP) is 1.94. The number of aromatic nitrogens is 2. The molecule has 1 atom stereocenters. The minimum absolute atomic E-state index is 0.0471. The van der Waals surface area contributed by atoms with Gasteiger partial charge in [0.15, 0.2) is 5.82 Å². The number of nitrogens with one attached hydrogen (secondary N) is 1. The van der Waals surface area contributed by atoms with Crippen LogP contribution in [0.15, 0.2) is 17.2 Å². The van der Waals surface area contributed by atoms with Crippen molar-refractivity contribution in [3.63, 3.8) is 0 Å². The molecule has 1 aliphatic carbocycles. The molecule has 2 heterocycles. The molecule has 0 amide bonds. The van der Waals surface area contributed by atoms with Crippen molar-refractivity contribution in [2.45, 2.75) is 64.1 Å². The molecule has 1 saturated heterocycles. The van der Waals surface area contributed by atoms with Crippen LogP contribution in [0.3, 0.4) is 0 Å². The van der Waals surface area contributed by atoms with Gasteiger partial charge in [0.05, 0.1) is 0 Å². The second-order valence-corrected chi connectivity index (χ2v) is 6.58. The van der Waals surface area contributed by atoms with Crippen LogP contribution in [0.25, 0.3) is 0 Å². The van der Waals surface area contributed by atoms with Gasteiger partial charge < -0.3 is 14.8 Å². The molecule has 1 saturated carbocycles. The summed E-state index contributed by atoms with van der Waals surface area (Å²) in [6, 6.07) is 1.29. The molecule has 0 aromatic carbocycles. The number of hydrogen-bond donors (Lipinski definition) is 1. The Balaban J connectivity index is 1.81. The van der Waals surface area contributed by atoms with Gasteiger partial charge in [-0.05, 0) is 46.0 Å². The molecule has 3 rings (SSSR count). The van der Waals surface area contributed by atoms with Crippen molar-refractivity contribution in [2.75, 3.05) is 18.0 Å². The second-order valence-electron chi connectivity index (χ2n) is 6.58. The Bertz CT molecular complexity index is 535. The summed E-state index contributed by atoms with van der Waals surface area (Å²) < 4.78 is 1.78. The number of anilines is 1. The van der Waals surface area contributed by atoms with Crippen LogP contribution in [0, 0.1) is 0 Å². The quantitative estimate of drug-likeness (QED) is 0.900. The van der Waals surface area contributed by atoms with E-state index in [0.29, 0.717) is 17.9 Å². The number of piperidine rings is 1. The smallest absolute Gasteiger partial charge is 0.293 e. The zero-order chi connectivity index (χ0) is 14.8. The standard InChI is InChI=1S/C16H26N4O/c1-12(2)19-10-8-17-15(16(19)21)20-9-4-3-5-14(20)11-18-13-6-7-13/h8,10,12-14,18H,3-7,9,11H2,1-2H3. The van der Waals surface area contributed by atoms with Crippen molar-refractivity contribution in [2.24, 2.45) is 0 Å². The molecule has 21 heavy (non-hydrogen) atoms. The van der Waals surface area contributed by atoms with E-state index in [4.69, 9.17) is 0 Å². The molecule has 1 aromatic heterocycles. The van der Waals surface area contributed by atoms with E-state index in [1.807, 2.05) is 13.8 Å². The first-order valence-electron chi connectivity index (χ1n) is 8.24. The van der Waals surface area contributed by atoms with Gasteiger partial charge in [-0.1, -0.05) is 0 Å². The lowest BCUT2D eigenvalue weighted by Gasteiger charge is -2.36. The number of hydrogen-bond acceptors (Lipinski definition) is 4. The summed E-state index contributed by atoms with van der Waals surface area (Å²) in [4.78, 5) is 19.3. The Hall–Kier alpha value is -1.36. The SMILES string of the molecule is CC(C)n1ccnc(N2CCCCC2CNC2CC2)c1=O. The summed E-state index contributed by atoms with van der Waals surface area (Å²) in [5.74, 6) is 0.633. The van der Waals surface area contributed by atoms with Crippen LogP contribution in [0.4, 0.5) is 5.82 Å². The molecule has 116 valence electrons. The maximum atomic E-state index is 12.6. The molecule has 1 unspecified atom stereocenters. The minimum atomic E-state index is 0.0471. The third-order valence-corrected chi connectivity index (χ3v) is 4.52. The Morgan fingerprint density at radius 3 is 2.86 bits per heavy atom. The molecule has 5 heteroatoms. The molecule has 2 fully saturated rings. The first kappa shape index (κ1) is 14.6. The highest BCUT2D eigenvalue weighted by Crippen LogP contribution is 2.23. The van der Waals surface area contributed by atoms with Crippen LogP contribution >= 0.6 is 0 Å². The van der Waals surface area contributed by atoms with Crippen LogP contribution in [-0.4, -0.2) is 34.7 Å². The van der Waals surface area contributed by atoms with Crippen molar-refractivity contribution in [1.29, 1.82) is 0 Å². The van der Waals surface area contributed by atoms with E-state index < -0.39 is 0 Å². The lowest BCUT2D eigenvalue weighted by Crippen LogP contribution is -2.49. The molecule has 1 N–H and O–H groups in total. The summed E-state index contributed by atoms with van der Waals surface area (Å²) in [6.45, 7) is 5.99. The average molecular weight is 290 g/mol. The summed E-state index contributed by atoms with van der Waals surface area (Å²) in [6.07, 6.45) is 9.70. The van der Waals surface area contributed by atoms with Crippen LogP contribution < -0.4 is 15.8 Å². The second kappa shape index (κ2) is 6.18. The van der Waals surface area contributed by atoms with E-state index in [9.17, 15) is 4.79 Å². The highest BCUT2D eigenvalue weighted by atomic mass is 16.1. The molecule has 5 nitrogen and oxygen atoms in total. The molecule has 0 spiro atoms. The number of rotatable bonds is 5. The predicted molar refractivity (Wildman–Crippen MR) is 84.9 cm³/mol. The van der Waals surface area contributed by atoms with Crippen molar-refractivity contribution in [3.05, 3.63) is 22.7 Å². The maximum absolute atomic E-state index is 12.6. The van der Waals surface area contributed by atoms with Gasteiger partial charge in [-0.2, -0.15) is 0 Å². The first-order valence-corrected chi connectivity index (χ1v) is 8.24. The van der Waals surface area contributed by atoms with Crippen LogP contribution in [-0.2, 0) is 0 Å². The van der Waals surface area contributed by atoms with Gasteiger partial charge in [0.1, 0.15) is 0 Å². The van der Waals surface area contributed by atoms with E-state index in [1.165, 1.54) is 19.3 Å². The minimum Gasteiger partial charge on any atom is -0.348 e. The fourth-order valence-electron chi connectivity index (χ4n) is 3.10. The van der Waals surface area contributed by atoms with Gasteiger partial charge in [-0.15, -0.1) is 0 Å². The van der Waals surface area contributed by atoms with E-state index in [1.54, 1.807) is 17.0 Å². The Morgan fingerprint density at radius 2 is 2.14 bits per heavy atom. The lowest BCUT2D eigenvalue weighted by atomic mass is 10.0. The van der Waals surface area contributed by atoms with E-state index in [0.717, 1.165) is 25.9 Å². The van der Waals surface area contributed by atoms with Crippen LogP contribution in [0.1, 0.15) is 52.0 Å². The van der Waals surface area contributed by atoms with Gasteiger partial charge >= 0.3 is 0 Å². The largest absolute Gasteiger partial charge is 0.348 e. The summed E-state index contributed by atoms with van der Waals surface area (Å²) >= 11 is 0. The summed E-state index contributed by atoms with van der Waals surface area (Å²) in [5.41, 5.74) is 0.0471. The average Bonchev–Trinajstić information content (AvgIpc) is 3.30. The van der Waals surface area contributed by atoms with Crippen LogP contribution in [0.5, 0.6) is 0 Å². The van der Waals surface area contributed by atoms with Crippen molar-refractivity contribution in [1.82, 2.24) is 14.9 Å². The molecular weight excluding hydrogens is 264 g/mol. The normalized spacial score (nSPS) is 22.8. The Morgan fingerprint density at radius 1 is 1.33 bits per heavy atom. The molecule has 2 aliphatic rings. The van der Waals surface area contributed by atoms with Crippen molar-refractivity contribution >= 4 is 5.82 Å². The monoisotopic (exact) mass is 290 g/mol. The highest BCUT2D eigenvalue weighted by Gasteiger charge is 2.28. The molecule has 1 aliphatic heterocycles. The fraction of sp³-hybridized carbons (Fsp3) is 0.750. The topological polar surface area (TPSA) is 50.2 Å². The molecule has 0 bridgehead atoms. The van der Waals surface area contributed by atoms with Gasteiger partial charge in [-0.3, -0.25) is 4.79 Å². The lowest BCUT2D eigenvalue weighted by molar-refractivity contribution is 0.428. The summed E-state index contributed by atoms with van der Waals surface area (Å²) in [5, 5.41) is 3.60. The van der Waals surface area contributed by atoms with Crippen LogP contribution in [0.2, 0.25) is 0 Å². The van der Waals surface area contributed by atoms with Gasteiger partial charge in [0, 0.05) is 43.6 Å². The van der Waals surface area contributed by atoms with Crippen molar-refractivity contribution < 1.29 is 0 Å². The molecular formula is C16H26N4O. The van der Waals surface area contributed by atoms with Gasteiger partial charge in [-0.25, -0.2) is 4.98 Å². The maximum Gasteiger partial charge on any atom is 0.293 e. The van der Waals surface area contributed by atoms with Crippen molar-refractivity contribution in [3.8, 4) is 0 Å². The highest BCUT2D eigenvalue weighted by molar-refractivity contribution is 5.38. The van der Waals surface area contributed by atoms with E-state index in [2.05, 4.69) is 15.2 Å². The number of nitrogens with zero attached hydrogens (tertiary/aromatic N) is 3. The Kier molecular flexibility index (Phi) is 4.29. The molecule has 0 radical (unpaired) electrons. The zero-order valence-corrected chi connectivity index (χ0v) is 13.1. The third kappa shape index (κ3) is 3.28. The zero-order valence-electron chi connectivity index (χ0n) is 13.1. The first-order chi connectivity index (χ1) is 10.2. The van der Waals surface area contributed by atoms with E-state index >= 15 is 0 Å². The van der Waals surface area contributed by atoms with Gasteiger partial charge in [0.2, 0.25) is 0 Å². The van der Waals surface area contributed by atoms with E-state index in [-0.39, 0.29) is 11.6 Å².